The summed E-state index contributed by atoms with van der Waals surface area (Å²) in [4.78, 5) is 21.7. The molecule has 0 amide bonds. The summed E-state index contributed by atoms with van der Waals surface area (Å²) in [7, 11) is 0. The topological polar surface area (TPSA) is 84.2 Å². The van der Waals surface area contributed by atoms with Gasteiger partial charge in [-0.15, -0.1) is 0 Å². The standard InChI is InChI=1S/C24H21N3O4/c28-24(29)22-15-19-16-27(22)12-11-25-17-30-13-5-3-1-2-4-6-18-7-8-21-20(14-18)23(31-19)9-10-26-21/h1-12,14-15,17,19H,13,16H2,(H,28,29). The van der Waals surface area contributed by atoms with E-state index in [9.17, 15) is 9.90 Å². The Kier molecular flexibility index (Phi) is 6.23. The first kappa shape index (κ1) is 20.2. The van der Waals surface area contributed by atoms with E-state index in [2.05, 4.69) is 9.98 Å². The Morgan fingerprint density at radius 1 is 1.16 bits per heavy atom. The maximum atomic E-state index is 11.7. The lowest BCUT2D eigenvalue weighted by atomic mass is 10.1. The Morgan fingerprint density at radius 2 is 2.06 bits per heavy atom. The third-order valence-corrected chi connectivity index (χ3v) is 4.67. The highest BCUT2D eigenvalue weighted by Crippen LogP contribution is 2.28. The second-order valence-electron chi connectivity index (χ2n) is 6.81. The average Bonchev–Trinajstić information content (AvgIpc) is 3.17. The van der Waals surface area contributed by atoms with Crippen molar-refractivity contribution in [3.63, 3.8) is 0 Å². The van der Waals surface area contributed by atoms with Crippen LogP contribution >= 0.6 is 0 Å². The van der Waals surface area contributed by atoms with Gasteiger partial charge in [0.2, 0.25) is 0 Å². The number of aliphatic carboxylic acids is 1. The summed E-state index contributed by atoms with van der Waals surface area (Å²) in [6, 6.07) is 7.73. The third-order valence-electron chi connectivity index (χ3n) is 4.67. The Labute approximate surface area is 179 Å². The lowest BCUT2D eigenvalue weighted by molar-refractivity contribution is -0.133. The number of aromatic nitrogens is 1. The van der Waals surface area contributed by atoms with Crippen LogP contribution in [0.1, 0.15) is 5.56 Å². The molecule has 1 aromatic heterocycles. The molecule has 2 aliphatic rings. The maximum Gasteiger partial charge on any atom is 0.352 e. The van der Waals surface area contributed by atoms with Crippen LogP contribution in [-0.2, 0) is 9.53 Å². The molecular formula is C24H21N3O4. The average molecular weight is 415 g/mol. The van der Waals surface area contributed by atoms with Gasteiger partial charge in [0.05, 0.1) is 12.1 Å². The van der Waals surface area contributed by atoms with E-state index < -0.39 is 12.1 Å². The molecule has 3 heterocycles. The summed E-state index contributed by atoms with van der Waals surface area (Å²) in [6.45, 7) is 0.733. The lowest BCUT2D eigenvalue weighted by Crippen LogP contribution is -2.24. The van der Waals surface area contributed by atoms with Crippen molar-refractivity contribution in [3.8, 4) is 5.75 Å². The Balaban J connectivity index is 1.69. The van der Waals surface area contributed by atoms with Crippen molar-refractivity contribution in [2.24, 2.45) is 4.99 Å². The van der Waals surface area contributed by atoms with Crippen LogP contribution in [0.2, 0.25) is 0 Å². The second-order valence-corrected chi connectivity index (χ2v) is 6.81. The second kappa shape index (κ2) is 9.58. The van der Waals surface area contributed by atoms with Crippen LogP contribution in [0.5, 0.6) is 5.75 Å². The van der Waals surface area contributed by atoms with Gasteiger partial charge in [0.15, 0.2) is 6.40 Å². The smallest absolute Gasteiger partial charge is 0.352 e. The molecule has 1 unspecified atom stereocenters. The molecule has 4 bridgehead atoms. The van der Waals surface area contributed by atoms with E-state index >= 15 is 0 Å². The predicted molar refractivity (Wildman–Crippen MR) is 119 cm³/mol. The fourth-order valence-electron chi connectivity index (χ4n) is 3.26. The number of rotatable bonds is 1. The third kappa shape index (κ3) is 5.08. The van der Waals surface area contributed by atoms with Gasteiger partial charge in [-0.05, 0) is 35.9 Å². The number of pyridine rings is 1. The molecule has 7 nitrogen and oxygen atoms in total. The zero-order valence-corrected chi connectivity index (χ0v) is 16.7. The van der Waals surface area contributed by atoms with Crippen molar-refractivity contribution in [3.05, 3.63) is 90.6 Å². The molecule has 2 aliphatic heterocycles. The number of hydrogen-bond donors (Lipinski definition) is 1. The van der Waals surface area contributed by atoms with Crippen LogP contribution in [0.15, 0.2) is 90.0 Å². The maximum absolute atomic E-state index is 11.7. The van der Waals surface area contributed by atoms with Crippen LogP contribution in [-0.4, -0.2) is 46.6 Å². The number of carboxylic acid groups (broad SMARTS) is 1. The molecule has 31 heavy (non-hydrogen) atoms. The highest BCUT2D eigenvalue weighted by atomic mass is 16.5. The van der Waals surface area contributed by atoms with E-state index in [0.717, 1.165) is 16.5 Å². The molecule has 1 N–H and O–H groups in total. The van der Waals surface area contributed by atoms with Gasteiger partial charge >= 0.3 is 5.97 Å². The number of ether oxygens (including phenoxy) is 2. The van der Waals surface area contributed by atoms with Crippen molar-refractivity contribution < 1.29 is 19.4 Å². The van der Waals surface area contributed by atoms with Crippen molar-refractivity contribution in [1.29, 1.82) is 0 Å². The van der Waals surface area contributed by atoms with Crippen molar-refractivity contribution in [2.75, 3.05) is 13.2 Å². The molecule has 7 heteroatoms. The first-order chi connectivity index (χ1) is 15.2. The number of carbonyl (C=O) groups is 1. The molecule has 4 rings (SSSR count). The van der Waals surface area contributed by atoms with Gasteiger partial charge in [-0.1, -0.05) is 36.4 Å². The fraction of sp³-hybridized carbons (Fsp3) is 0.125. The molecule has 2 aromatic rings. The Morgan fingerprint density at radius 3 is 2.97 bits per heavy atom. The first-order valence-corrected chi connectivity index (χ1v) is 9.78. The van der Waals surface area contributed by atoms with Crippen LogP contribution in [0.4, 0.5) is 0 Å². The number of fused-ring (bicyclic) bond motifs is 3. The summed E-state index contributed by atoms with van der Waals surface area (Å²) < 4.78 is 11.4. The minimum absolute atomic E-state index is 0.138. The fourth-order valence-corrected chi connectivity index (χ4v) is 3.26. The van der Waals surface area contributed by atoms with Crippen LogP contribution < -0.4 is 4.74 Å². The molecule has 0 saturated heterocycles. The van der Waals surface area contributed by atoms with E-state index in [1.807, 2.05) is 54.7 Å². The summed E-state index contributed by atoms with van der Waals surface area (Å²) in [5.74, 6) is -0.379. The van der Waals surface area contributed by atoms with E-state index in [0.29, 0.717) is 18.9 Å². The van der Waals surface area contributed by atoms with Gasteiger partial charge in [-0.2, -0.15) is 0 Å². The first-order valence-electron chi connectivity index (χ1n) is 9.78. The van der Waals surface area contributed by atoms with Crippen LogP contribution in [0.3, 0.4) is 0 Å². The molecule has 0 fully saturated rings. The number of benzene rings is 1. The summed E-state index contributed by atoms with van der Waals surface area (Å²) >= 11 is 0. The minimum Gasteiger partial charge on any atom is -0.484 e. The number of nitrogens with zero attached hydrogens (tertiary/aromatic N) is 3. The zero-order chi connectivity index (χ0) is 21.5. The van der Waals surface area contributed by atoms with Crippen LogP contribution in [0.25, 0.3) is 17.0 Å². The number of aliphatic imine (C=N–C) groups is 1. The van der Waals surface area contributed by atoms with Gasteiger partial charge in [-0.25, -0.2) is 9.79 Å². The zero-order valence-electron chi connectivity index (χ0n) is 16.7. The monoisotopic (exact) mass is 415 g/mol. The molecule has 0 radical (unpaired) electrons. The van der Waals surface area contributed by atoms with Crippen molar-refractivity contribution in [2.45, 2.75) is 6.10 Å². The molecule has 156 valence electrons. The van der Waals surface area contributed by atoms with Gasteiger partial charge in [-0.3, -0.25) is 4.98 Å². The van der Waals surface area contributed by atoms with E-state index in [1.165, 1.54) is 12.6 Å². The molecule has 1 aromatic carbocycles. The van der Waals surface area contributed by atoms with Crippen molar-refractivity contribution in [1.82, 2.24) is 9.88 Å². The molecule has 0 saturated carbocycles. The molecule has 0 spiro atoms. The Bertz CT molecular complexity index is 1140. The summed E-state index contributed by atoms with van der Waals surface area (Å²) in [6.07, 6.45) is 18.8. The molecule has 1 atom stereocenters. The molecule has 0 aliphatic carbocycles. The van der Waals surface area contributed by atoms with Gasteiger partial charge in [0, 0.05) is 24.0 Å². The predicted octanol–water partition coefficient (Wildman–Crippen LogP) is 3.92. The Hall–Kier alpha value is -4.13. The number of hydrogen-bond acceptors (Lipinski definition) is 6. The lowest BCUT2D eigenvalue weighted by Gasteiger charge is -2.17. The van der Waals surface area contributed by atoms with Gasteiger partial charge in [0.1, 0.15) is 24.2 Å². The SMILES string of the molecule is O=C(O)C1=CC2CN1C=CN=COCC=CC=CC=Cc1ccc3nccc(c3c1)O2. The number of carboxylic acids is 1. The summed E-state index contributed by atoms with van der Waals surface area (Å²) in [5, 5.41) is 10.4. The van der Waals surface area contributed by atoms with Crippen LogP contribution in [0, 0.1) is 0 Å². The van der Waals surface area contributed by atoms with E-state index in [1.54, 1.807) is 29.4 Å². The highest BCUT2D eigenvalue weighted by molar-refractivity contribution is 5.88. The quantitative estimate of drug-likeness (QED) is 0.760. The molecular weight excluding hydrogens is 394 g/mol. The highest BCUT2D eigenvalue weighted by Gasteiger charge is 2.28. The van der Waals surface area contributed by atoms with Crippen molar-refractivity contribution >= 4 is 29.3 Å². The number of allylic oxidation sites excluding steroid dienone is 4. The largest absolute Gasteiger partial charge is 0.484 e. The van der Waals surface area contributed by atoms with E-state index in [-0.39, 0.29) is 5.70 Å². The minimum atomic E-state index is -1.03. The van der Waals surface area contributed by atoms with Gasteiger partial charge in [0.25, 0.3) is 0 Å². The normalized spacial score (nSPS) is 18.6. The van der Waals surface area contributed by atoms with Gasteiger partial charge < -0.3 is 19.5 Å². The van der Waals surface area contributed by atoms with E-state index in [4.69, 9.17) is 9.47 Å². The summed E-state index contributed by atoms with van der Waals surface area (Å²) in [5.41, 5.74) is 1.95.